The van der Waals surface area contributed by atoms with Crippen LogP contribution in [0.2, 0.25) is 5.02 Å². The molecule has 1 rings (SSSR count). The number of halogens is 1. The van der Waals surface area contributed by atoms with Crippen LogP contribution in [0.5, 0.6) is 0 Å². The van der Waals surface area contributed by atoms with Crippen molar-refractivity contribution in [3.05, 3.63) is 23.2 Å². The van der Waals surface area contributed by atoms with E-state index in [4.69, 9.17) is 17.3 Å². The molecule has 14 heavy (non-hydrogen) atoms. The predicted octanol–water partition coefficient (Wildman–Crippen LogP) is 2.18. The van der Waals surface area contributed by atoms with E-state index in [-0.39, 0.29) is 5.91 Å². The number of carbonyl (C=O) groups is 1. The van der Waals surface area contributed by atoms with E-state index in [1.807, 2.05) is 0 Å². The van der Waals surface area contributed by atoms with E-state index in [1.165, 1.54) is 0 Å². The Morgan fingerprint density at radius 2 is 2.29 bits per heavy atom. The molecule has 1 amide bonds. The fraction of sp³-hybridized carbons (Fsp3) is 0.222. The van der Waals surface area contributed by atoms with Gasteiger partial charge in [-0.1, -0.05) is 11.6 Å². The molecule has 0 atom stereocenters. The van der Waals surface area contributed by atoms with Gasteiger partial charge in [-0.2, -0.15) is 12.6 Å². The first-order valence-electron chi connectivity index (χ1n) is 4.09. The number of amides is 1. The van der Waals surface area contributed by atoms with Crippen LogP contribution in [0.3, 0.4) is 0 Å². The van der Waals surface area contributed by atoms with Crippen LogP contribution < -0.4 is 11.1 Å². The summed E-state index contributed by atoms with van der Waals surface area (Å²) in [6.45, 7) is 0. The second-order valence-electron chi connectivity index (χ2n) is 2.76. The first kappa shape index (κ1) is 11.2. The van der Waals surface area contributed by atoms with Crippen molar-refractivity contribution in [1.82, 2.24) is 0 Å². The molecule has 0 unspecified atom stereocenters. The van der Waals surface area contributed by atoms with E-state index in [0.29, 0.717) is 28.6 Å². The maximum atomic E-state index is 11.2. The van der Waals surface area contributed by atoms with Crippen molar-refractivity contribution in [2.24, 2.45) is 0 Å². The van der Waals surface area contributed by atoms with Crippen LogP contribution in [0.1, 0.15) is 6.42 Å². The summed E-state index contributed by atoms with van der Waals surface area (Å²) in [6, 6.07) is 4.95. The lowest BCUT2D eigenvalue weighted by atomic mass is 10.3. The average molecular weight is 231 g/mol. The van der Waals surface area contributed by atoms with Gasteiger partial charge in [-0.25, -0.2) is 0 Å². The second kappa shape index (κ2) is 5.12. The number of nitrogens with one attached hydrogen (secondary N) is 1. The molecule has 0 saturated heterocycles. The van der Waals surface area contributed by atoms with Gasteiger partial charge in [0.2, 0.25) is 5.91 Å². The smallest absolute Gasteiger partial charge is 0.225 e. The quantitative estimate of drug-likeness (QED) is 0.551. The summed E-state index contributed by atoms with van der Waals surface area (Å²) in [4.78, 5) is 11.2. The third-order valence-electron chi connectivity index (χ3n) is 1.61. The molecule has 0 aliphatic rings. The summed E-state index contributed by atoms with van der Waals surface area (Å²) in [5.74, 6) is 0.407. The van der Waals surface area contributed by atoms with Crippen LogP contribution in [0.15, 0.2) is 18.2 Å². The standard InChI is InChI=1S/C9H11ClN2OS/c10-7-5-6(11)1-2-8(7)12-9(13)3-4-14/h1-2,5,14H,3-4,11H2,(H,12,13). The number of rotatable bonds is 3. The summed E-state index contributed by atoms with van der Waals surface area (Å²) in [5.41, 5.74) is 6.66. The van der Waals surface area contributed by atoms with Gasteiger partial charge in [0.15, 0.2) is 0 Å². The highest BCUT2D eigenvalue weighted by molar-refractivity contribution is 7.80. The summed E-state index contributed by atoms with van der Waals surface area (Å²) >= 11 is 9.81. The zero-order chi connectivity index (χ0) is 10.6. The molecule has 5 heteroatoms. The molecular formula is C9H11ClN2OS. The highest BCUT2D eigenvalue weighted by Gasteiger charge is 2.04. The van der Waals surface area contributed by atoms with Gasteiger partial charge in [0, 0.05) is 12.1 Å². The highest BCUT2D eigenvalue weighted by Crippen LogP contribution is 2.23. The van der Waals surface area contributed by atoms with Crippen LogP contribution in [0, 0.1) is 0 Å². The van der Waals surface area contributed by atoms with E-state index >= 15 is 0 Å². The highest BCUT2D eigenvalue weighted by atomic mass is 35.5. The third kappa shape index (κ3) is 3.12. The predicted molar refractivity (Wildman–Crippen MR) is 63.0 cm³/mol. The molecule has 0 saturated carbocycles. The van der Waals surface area contributed by atoms with Crippen molar-refractivity contribution >= 4 is 41.5 Å². The van der Waals surface area contributed by atoms with E-state index < -0.39 is 0 Å². The lowest BCUT2D eigenvalue weighted by Gasteiger charge is -2.06. The molecule has 0 aliphatic heterocycles. The zero-order valence-corrected chi connectivity index (χ0v) is 9.11. The van der Waals surface area contributed by atoms with Gasteiger partial charge in [0.05, 0.1) is 10.7 Å². The Hall–Kier alpha value is -0.870. The first-order chi connectivity index (χ1) is 6.63. The van der Waals surface area contributed by atoms with E-state index in [1.54, 1.807) is 18.2 Å². The van der Waals surface area contributed by atoms with Crippen molar-refractivity contribution in [1.29, 1.82) is 0 Å². The molecule has 0 heterocycles. The topological polar surface area (TPSA) is 55.1 Å². The Bertz CT molecular complexity index is 344. The largest absolute Gasteiger partial charge is 0.399 e. The molecule has 3 nitrogen and oxygen atoms in total. The molecule has 0 radical (unpaired) electrons. The minimum atomic E-state index is -0.105. The van der Waals surface area contributed by atoms with Crippen molar-refractivity contribution < 1.29 is 4.79 Å². The molecule has 0 spiro atoms. The van der Waals surface area contributed by atoms with Crippen LogP contribution in [-0.2, 0) is 4.79 Å². The van der Waals surface area contributed by atoms with Gasteiger partial charge in [-0.15, -0.1) is 0 Å². The summed E-state index contributed by atoms with van der Waals surface area (Å²) in [7, 11) is 0. The van der Waals surface area contributed by atoms with E-state index in [2.05, 4.69) is 17.9 Å². The lowest BCUT2D eigenvalue weighted by molar-refractivity contribution is -0.115. The summed E-state index contributed by atoms with van der Waals surface area (Å²) < 4.78 is 0. The number of carbonyl (C=O) groups excluding carboxylic acids is 1. The fourth-order valence-corrected chi connectivity index (χ4v) is 1.39. The van der Waals surface area contributed by atoms with Crippen LogP contribution >= 0.6 is 24.2 Å². The van der Waals surface area contributed by atoms with Gasteiger partial charge in [-0.05, 0) is 24.0 Å². The van der Waals surface area contributed by atoms with E-state index in [9.17, 15) is 4.79 Å². The van der Waals surface area contributed by atoms with Crippen molar-refractivity contribution in [2.45, 2.75) is 6.42 Å². The molecule has 3 N–H and O–H groups in total. The summed E-state index contributed by atoms with van der Waals surface area (Å²) in [5, 5.41) is 3.11. The van der Waals surface area contributed by atoms with Crippen molar-refractivity contribution in [2.75, 3.05) is 16.8 Å². The second-order valence-corrected chi connectivity index (χ2v) is 3.62. The normalized spacial score (nSPS) is 9.86. The molecule has 0 aromatic heterocycles. The first-order valence-corrected chi connectivity index (χ1v) is 5.10. The van der Waals surface area contributed by atoms with E-state index in [0.717, 1.165) is 0 Å². The third-order valence-corrected chi connectivity index (χ3v) is 2.14. The number of nitrogen functional groups attached to an aromatic ring is 1. The van der Waals surface area contributed by atoms with Gasteiger partial charge in [0.25, 0.3) is 0 Å². The minimum absolute atomic E-state index is 0.105. The number of benzene rings is 1. The Kier molecular flexibility index (Phi) is 4.10. The molecule has 0 aliphatic carbocycles. The van der Waals surface area contributed by atoms with Gasteiger partial charge in [0.1, 0.15) is 0 Å². The average Bonchev–Trinajstić information content (AvgIpc) is 2.10. The number of nitrogens with two attached hydrogens (primary N) is 1. The van der Waals surface area contributed by atoms with Gasteiger partial charge < -0.3 is 11.1 Å². The van der Waals surface area contributed by atoms with Gasteiger partial charge in [-0.3, -0.25) is 4.79 Å². The molecule has 1 aromatic rings. The Morgan fingerprint density at radius 1 is 1.57 bits per heavy atom. The van der Waals surface area contributed by atoms with Crippen molar-refractivity contribution in [3.63, 3.8) is 0 Å². The molecule has 1 aromatic carbocycles. The molecule has 0 fully saturated rings. The molecule has 76 valence electrons. The summed E-state index contributed by atoms with van der Waals surface area (Å²) in [6.07, 6.45) is 0.365. The van der Waals surface area contributed by atoms with Crippen LogP contribution in [0.4, 0.5) is 11.4 Å². The molecule has 0 bridgehead atoms. The Labute approximate surface area is 93.0 Å². The Balaban J connectivity index is 2.72. The van der Waals surface area contributed by atoms with Gasteiger partial charge >= 0.3 is 0 Å². The monoisotopic (exact) mass is 230 g/mol. The van der Waals surface area contributed by atoms with Crippen LogP contribution in [-0.4, -0.2) is 11.7 Å². The fourth-order valence-electron chi connectivity index (χ4n) is 0.947. The lowest BCUT2D eigenvalue weighted by Crippen LogP contribution is -2.12. The number of anilines is 2. The maximum Gasteiger partial charge on any atom is 0.225 e. The molecular weight excluding hydrogens is 220 g/mol. The number of hydrogen-bond donors (Lipinski definition) is 3. The minimum Gasteiger partial charge on any atom is -0.399 e. The number of hydrogen-bond acceptors (Lipinski definition) is 3. The number of thiol groups is 1. The van der Waals surface area contributed by atoms with Crippen molar-refractivity contribution in [3.8, 4) is 0 Å². The Morgan fingerprint density at radius 3 is 2.86 bits per heavy atom. The maximum absolute atomic E-state index is 11.2. The van der Waals surface area contributed by atoms with Crippen LogP contribution in [0.25, 0.3) is 0 Å². The zero-order valence-electron chi connectivity index (χ0n) is 7.46. The SMILES string of the molecule is Nc1ccc(NC(=O)CCS)c(Cl)c1.